The first-order valence-corrected chi connectivity index (χ1v) is 19.2. The molecule has 0 saturated carbocycles. The molecule has 0 unspecified atom stereocenters. The molecule has 0 bridgehead atoms. The highest BCUT2D eigenvalue weighted by atomic mass is 15.1. The predicted molar refractivity (Wildman–Crippen MR) is 237 cm³/mol. The van der Waals surface area contributed by atoms with E-state index in [4.69, 9.17) is 0 Å². The van der Waals surface area contributed by atoms with Crippen LogP contribution in [0.5, 0.6) is 0 Å². The van der Waals surface area contributed by atoms with Crippen molar-refractivity contribution in [2.24, 2.45) is 0 Å². The Bertz CT molecular complexity index is 2890. The predicted octanol–water partition coefficient (Wildman–Crippen LogP) is 14.9. The van der Waals surface area contributed by atoms with Crippen molar-refractivity contribution in [1.29, 1.82) is 0 Å². The summed E-state index contributed by atoms with van der Waals surface area (Å²) >= 11 is 0. The van der Waals surface area contributed by atoms with E-state index in [-0.39, 0.29) is 0 Å². The summed E-state index contributed by atoms with van der Waals surface area (Å²) in [6, 6.07) is 83.1. The molecular weight excluding hydrogens is 677 g/mol. The van der Waals surface area contributed by atoms with Crippen molar-refractivity contribution < 1.29 is 0 Å². The summed E-state index contributed by atoms with van der Waals surface area (Å²) in [4.78, 5) is 2.39. The van der Waals surface area contributed by atoms with Crippen LogP contribution in [0.1, 0.15) is 0 Å². The largest absolute Gasteiger partial charge is 0.310 e. The highest BCUT2D eigenvalue weighted by molar-refractivity contribution is 6.09. The summed E-state index contributed by atoms with van der Waals surface area (Å²) in [5.41, 5.74) is 16.3. The third-order valence-corrected chi connectivity index (χ3v) is 10.8. The van der Waals surface area contributed by atoms with Crippen LogP contribution in [0.2, 0.25) is 0 Å². The standard InChI is InChI=1S/C54H38N2/c1-4-16-39(17-5-1)40-30-32-45(33-31-40)55(48-34-35-49(41-18-6-2-7-19-41)52(38-48)42-20-8-3-9-21-42)46-24-14-22-43(36-46)44-23-15-25-47(37-44)56-53-28-12-10-26-50(53)51-27-11-13-29-54(51)56/h1-38H. The zero-order chi connectivity index (χ0) is 37.3. The summed E-state index contributed by atoms with van der Waals surface area (Å²) in [7, 11) is 0. The third kappa shape index (κ3) is 6.14. The Hall–Kier alpha value is -7.42. The summed E-state index contributed by atoms with van der Waals surface area (Å²) in [5, 5.41) is 2.52. The average molecular weight is 715 g/mol. The Morgan fingerprint density at radius 3 is 1.38 bits per heavy atom. The molecule has 1 aromatic heterocycles. The molecule has 0 atom stereocenters. The lowest BCUT2D eigenvalue weighted by atomic mass is 9.93. The fourth-order valence-electron chi connectivity index (χ4n) is 8.13. The van der Waals surface area contributed by atoms with E-state index in [1.165, 1.54) is 55.2 Å². The van der Waals surface area contributed by atoms with Crippen LogP contribution < -0.4 is 4.90 Å². The minimum absolute atomic E-state index is 1.09. The molecule has 10 rings (SSSR count). The van der Waals surface area contributed by atoms with Crippen molar-refractivity contribution >= 4 is 38.9 Å². The van der Waals surface area contributed by atoms with Crippen molar-refractivity contribution in [2.45, 2.75) is 0 Å². The number of hydrogen-bond donors (Lipinski definition) is 0. The van der Waals surface area contributed by atoms with Gasteiger partial charge in [0.25, 0.3) is 0 Å². The van der Waals surface area contributed by atoms with Gasteiger partial charge in [0.2, 0.25) is 0 Å². The van der Waals surface area contributed by atoms with Crippen LogP contribution in [0.15, 0.2) is 231 Å². The molecule has 10 aromatic rings. The van der Waals surface area contributed by atoms with Crippen molar-refractivity contribution in [3.05, 3.63) is 231 Å². The van der Waals surface area contributed by atoms with Gasteiger partial charge in [0.05, 0.1) is 11.0 Å². The van der Waals surface area contributed by atoms with Crippen LogP contribution in [0.4, 0.5) is 17.1 Å². The van der Waals surface area contributed by atoms with Crippen LogP contribution >= 0.6 is 0 Å². The maximum absolute atomic E-state index is 2.39. The van der Waals surface area contributed by atoms with Gasteiger partial charge in [-0.2, -0.15) is 0 Å². The van der Waals surface area contributed by atoms with E-state index >= 15 is 0 Å². The van der Waals surface area contributed by atoms with Crippen LogP contribution in [-0.4, -0.2) is 4.57 Å². The van der Waals surface area contributed by atoms with E-state index in [1.54, 1.807) is 0 Å². The number of anilines is 3. The lowest BCUT2D eigenvalue weighted by Crippen LogP contribution is -2.10. The molecule has 0 fully saturated rings. The molecule has 0 amide bonds. The van der Waals surface area contributed by atoms with Crippen LogP contribution in [0, 0.1) is 0 Å². The summed E-state index contributed by atoms with van der Waals surface area (Å²) in [5.74, 6) is 0. The van der Waals surface area contributed by atoms with Gasteiger partial charge in [-0.05, 0) is 105 Å². The first kappa shape index (κ1) is 33.2. The summed E-state index contributed by atoms with van der Waals surface area (Å²) in [6.45, 7) is 0. The van der Waals surface area contributed by atoms with Gasteiger partial charge in [0, 0.05) is 33.5 Å². The van der Waals surface area contributed by atoms with Crippen LogP contribution in [0.25, 0.3) is 72.0 Å². The molecule has 9 aromatic carbocycles. The molecule has 0 N–H and O–H groups in total. The zero-order valence-corrected chi connectivity index (χ0v) is 30.8. The number of fused-ring (bicyclic) bond motifs is 3. The average Bonchev–Trinajstić information content (AvgIpc) is 3.62. The van der Waals surface area contributed by atoms with Gasteiger partial charge in [-0.3, -0.25) is 0 Å². The maximum Gasteiger partial charge on any atom is 0.0541 e. The zero-order valence-electron chi connectivity index (χ0n) is 30.8. The van der Waals surface area contributed by atoms with Crippen molar-refractivity contribution in [3.8, 4) is 50.2 Å². The quantitative estimate of drug-likeness (QED) is 0.152. The van der Waals surface area contributed by atoms with Gasteiger partial charge in [0.1, 0.15) is 0 Å². The fraction of sp³-hybridized carbons (Fsp3) is 0. The number of aromatic nitrogens is 1. The van der Waals surface area contributed by atoms with Gasteiger partial charge in [-0.25, -0.2) is 0 Å². The van der Waals surface area contributed by atoms with Gasteiger partial charge < -0.3 is 9.47 Å². The molecule has 264 valence electrons. The molecule has 1 heterocycles. The smallest absolute Gasteiger partial charge is 0.0541 e. The van der Waals surface area contributed by atoms with Gasteiger partial charge in [0.15, 0.2) is 0 Å². The molecule has 2 heteroatoms. The Labute approximate surface area is 327 Å². The van der Waals surface area contributed by atoms with E-state index in [1.807, 2.05) is 0 Å². The monoisotopic (exact) mass is 714 g/mol. The van der Waals surface area contributed by atoms with Crippen LogP contribution in [-0.2, 0) is 0 Å². The van der Waals surface area contributed by atoms with Crippen molar-refractivity contribution in [2.75, 3.05) is 4.90 Å². The number of rotatable bonds is 8. The lowest BCUT2D eigenvalue weighted by Gasteiger charge is -2.27. The molecule has 0 radical (unpaired) electrons. The first-order chi connectivity index (χ1) is 27.8. The Kier molecular flexibility index (Phi) is 8.55. The van der Waals surface area contributed by atoms with E-state index in [0.717, 1.165) is 33.9 Å². The summed E-state index contributed by atoms with van der Waals surface area (Å²) in [6.07, 6.45) is 0. The van der Waals surface area contributed by atoms with Crippen molar-refractivity contribution in [1.82, 2.24) is 4.57 Å². The molecule has 0 aliphatic rings. The number of benzene rings is 9. The minimum Gasteiger partial charge on any atom is -0.310 e. The molecule has 0 aliphatic carbocycles. The second-order valence-electron chi connectivity index (χ2n) is 14.2. The lowest BCUT2D eigenvalue weighted by molar-refractivity contribution is 1.18. The highest BCUT2D eigenvalue weighted by Crippen LogP contribution is 2.42. The van der Waals surface area contributed by atoms with Crippen molar-refractivity contribution in [3.63, 3.8) is 0 Å². The highest BCUT2D eigenvalue weighted by Gasteiger charge is 2.18. The Morgan fingerprint density at radius 1 is 0.268 bits per heavy atom. The fourth-order valence-corrected chi connectivity index (χ4v) is 8.13. The SMILES string of the molecule is c1ccc(-c2ccc(N(c3cccc(-c4cccc(-n5c6ccccc6c6ccccc65)c4)c3)c3ccc(-c4ccccc4)c(-c4ccccc4)c3)cc2)cc1. The molecule has 0 aliphatic heterocycles. The Morgan fingerprint density at radius 2 is 0.732 bits per heavy atom. The van der Waals surface area contributed by atoms with Crippen LogP contribution in [0.3, 0.4) is 0 Å². The maximum atomic E-state index is 2.39. The van der Waals surface area contributed by atoms with E-state index < -0.39 is 0 Å². The topological polar surface area (TPSA) is 8.17 Å². The molecular formula is C54H38N2. The first-order valence-electron chi connectivity index (χ1n) is 19.2. The minimum atomic E-state index is 1.09. The van der Waals surface area contributed by atoms with E-state index in [9.17, 15) is 0 Å². The van der Waals surface area contributed by atoms with Gasteiger partial charge >= 0.3 is 0 Å². The second-order valence-corrected chi connectivity index (χ2v) is 14.2. The molecule has 0 spiro atoms. The third-order valence-electron chi connectivity index (χ3n) is 10.8. The summed E-state index contributed by atoms with van der Waals surface area (Å²) < 4.78 is 2.39. The molecule has 0 saturated heterocycles. The normalized spacial score (nSPS) is 11.2. The molecule has 56 heavy (non-hydrogen) atoms. The van der Waals surface area contributed by atoms with E-state index in [2.05, 4.69) is 240 Å². The second kappa shape index (κ2) is 14.4. The number of para-hydroxylation sites is 2. The number of hydrogen-bond acceptors (Lipinski definition) is 1. The van der Waals surface area contributed by atoms with Gasteiger partial charge in [-0.1, -0.05) is 170 Å². The van der Waals surface area contributed by atoms with Gasteiger partial charge in [-0.15, -0.1) is 0 Å². The Balaban J connectivity index is 1.12. The molecule has 2 nitrogen and oxygen atoms in total. The number of nitrogens with zero attached hydrogens (tertiary/aromatic N) is 2. The van der Waals surface area contributed by atoms with E-state index in [0.29, 0.717) is 0 Å².